The molecule has 0 saturated carbocycles. The van der Waals surface area contributed by atoms with Crippen LogP contribution in [0.2, 0.25) is 0 Å². The summed E-state index contributed by atoms with van der Waals surface area (Å²) < 4.78 is 50.7. The fourth-order valence-electron chi connectivity index (χ4n) is 3.86. The van der Waals surface area contributed by atoms with Gasteiger partial charge in [0.15, 0.2) is 5.13 Å². The predicted octanol–water partition coefficient (Wildman–Crippen LogP) is 7.87. The number of thiazole rings is 1. The highest BCUT2D eigenvalue weighted by molar-refractivity contribution is 7.14. The van der Waals surface area contributed by atoms with E-state index in [0.717, 1.165) is 42.4 Å². The molecule has 0 bridgehead atoms. The van der Waals surface area contributed by atoms with E-state index in [-0.39, 0.29) is 32.9 Å². The van der Waals surface area contributed by atoms with Crippen molar-refractivity contribution in [1.29, 1.82) is 0 Å². The summed E-state index contributed by atoms with van der Waals surface area (Å²) in [5.74, 6) is -4.80. The molecule has 0 saturated heterocycles. The number of hydrogen-bond donors (Lipinski definition) is 2. The number of benzene rings is 2. The number of carboxylic acid groups (broad SMARTS) is 1. The zero-order valence-electron chi connectivity index (χ0n) is 22.4. The molecule has 2 N–H and O–H groups in total. The van der Waals surface area contributed by atoms with Gasteiger partial charge in [-0.05, 0) is 43.0 Å². The van der Waals surface area contributed by atoms with Crippen LogP contribution in [0.25, 0.3) is 17.3 Å². The average Bonchev–Trinajstić information content (AvgIpc) is 3.31. The molecule has 1 atom stereocenters. The molecular weight excluding hydrogens is 529 g/mol. The van der Waals surface area contributed by atoms with Crippen LogP contribution in [0, 0.1) is 22.9 Å². The van der Waals surface area contributed by atoms with Crippen LogP contribution in [0.5, 0.6) is 0 Å². The summed E-state index contributed by atoms with van der Waals surface area (Å²) in [5, 5.41) is 13.1. The Bertz CT molecular complexity index is 1370. The summed E-state index contributed by atoms with van der Waals surface area (Å²) in [6, 6.07) is 6.61. The zero-order valence-corrected chi connectivity index (χ0v) is 23.2. The lowest BCUT2D eigenvalue weighted by Gasteiger charge is -2.31. The monoisotopic (exact) mass is 560 g/mol. The van der Waals surface area contributed by atoms with Crippen molar-refractivity contribution in [2.24, 2.45) is 5.41 Å². The normalized spacial score (nSPS) is 12.9. The first-order chi connectivity index (χ1) is 18.3. The summed E-state index contributed by atoms with van der Waals surface area (Å²) in [4.78, 5) is 27.9. The summed E-state index contributed by atoms with van der Waals surface area (Å²) in [7, 11) is 0. The van der Waals surface area contributed by atoms with Gasteiger partial charge in [0.2, 0.25) is 0 Å². The van der Waals surface area contributed by atoms with Crippen LogP contribution in [0.4, 0.5) is 18.3 Å². The molecule has 0 aliphatic heterocycles. The second-order valence-electron chi connectivity index (χ2n) is 10.2. The summed E-state index contributed by atoms with van der Waals surface area (Å²) >= 11 is 1.03. The Morgan fingerprint density at radius 2 is 1.85 bits per heavy atom. The molecule has 6 nitrogen and oxygen atoms in total. The molecule has 3 aromatic rings. The number of unbranched alkanes of at least 4 members (excludes halogenated alkanes) is 1. The number of aromatic nitrogens is 1. The maximum atomic E-state index is 15.7. The topological polar surface area (TPSA) is 88.5 Å². The van der Waals surface area contributed by atoms with Crippen LogP contribution >= 0.6 is 11.3 Å². The number of rotatable bonds is 10. The number of aliphatic carboxylic acids is 1. The van der Waals surface area contributed by atoms with E-state index in [0.29, 0.717) is 12.2 Å². The fraction of sp³-hybridized carbons (Fsp3) is 0.345. The van der Waals surface area contributed by atoms with E-state index in [1.165, 1.54) is 6.92 Å². The number of carbonyl (C=O) groups is 2. The van der Waals surface area contributed by atoms with Crippen LogP contribution in [-0.4, -0.2) is 28.6 Å². The second kappa shape index (κ2) is 12.6. The molecule has 2 aromatic carbocycles. The van der Waals surface area contributed by atoms with Crippen molar-refractivity contribution in [3.8, 4) is 11.3 Å². The van der Waals surface area contributed by atoms with Gasteiger partial charge >= 0.3 is 5.97 Å². The zero-order chi connectivity index (χ0) is 28.9. The quantitative estimate of drug-likeness (QED) is 0.195. The van der Waals surface area contributed by atoms with Gasteiger partial charge in [-0.25, -0.2) is 22.9 Å². The Hall–Kier alpha value is -3.50. The predicted molar refractivity (Wildman–Crippen MR) is 146 cm³/mol. The van der Waals surface area contributed by atoms with E-state index >= 15 is 4.39 Å². The van der Waals surface area contributed by atoms with Gasteiger partial charge < -0.3 is 9.84 Å². The number of carbonyl (C=O) groups excluding carboxylic acids is 1. The first-order valence-corrected chi connectivity index (χ1v) is 13.3. The van der Waals surface area contributed by atoms with Gasteiger partial charge in [-0.2, -0.15) is 0 Å². The van der Waals surface area contributed by atoms with E-state index < -0.39 is 41.0 Å². The minimum atomic E-state index is -1.32. The molecule has 1 unspecified atom stereocenters. The SMILES string of the molecule is CCCCOC(c1cccc(-c2csc(NC(=O)c3cc(F)c(/C=C(\C)C(=O)O)c(F)c3)n2)c1F)C(C)(C)C. The molecular formula is C29H31F3N2O4S. The van der Waals surface area contributed by atoms with Crippen LogP contribution in [0.1, 0.15) is 75.0 Å². The van der Waals surface area contributed by atoms with E-state index in [2.05, 4.69) is 17.2 Å². The van der Waals surface area contributed by atoms with Gasteiger partial charge in [0.25, 0.3) is 5.91 Å². The van der Waals surface area contributed by atoms with Gasteiger partial charge in [-0.1, -0.05) is 46.2 Å². The largest absolute Gasteiger partial charge is 0.478 e. The lowest BCUT2D eigenvalue weighted by atomic mass is 9.83. The van der Waals surface area contributed by atoms with Crippen molar-refractivity contribution < 1.29 is 32.6 Å². The summed E-state index contributed by atoms with van der Waals surface area (Å²) in [5.41, 5.74) is -0.581. The Kier molecular flexibility index (Phi) is 9.68. The Balaban J connectivity index is 1.85. The number of hydrogen-bond acceptors (Lipinski definition) is 5. The Labute approximate surface area is 229 Å². The molecule has 0 fully saturated rings. The minimum absolute atomic E-state index is 0.109. The van der Waals surface area contributed by atoms with Gasteiger partial charge in [0.05, 0.1) is 11.8 Å². The van der Waals surface area contributed by atoms with Crippen molar-refractivity contribution in [2.45, 2.75) is 53.6 Å². The van der Waals surface area contributed by atoms with Crippen molar-refractivity contribution >= 4 is 34.4 Å². The molecule has 1 aromatic heterocycles. The van der Waals surface area contributed by atoms with Gasteiger partial charge in [0, 0.05) is 39.8 Å². The smallest absolute Gasteiger partial charge is 0.331 e. The molecule has 0 aliphatic carbocycles. The minimum Gasteiger partial charge on any atom is -0.478 e. The Morgan fingerprint density at radius 1 is 1.18 bits per heavy atom. The van der Waals surface area contributed by atoms with Crippen LogP contribution < -0.4 is 5.32 Å². The number of nitrogens with zero attached hydrogens (tertiary/aromatic N) is 1. The van der Waals surface area contributed by atoms with Crippen molar-refractivity contribution in [3.63, 3.8) is 0 Å². The number of ether oxygens (including phenoxy) is 1. The van der Waals surface area contributed by atoms with Gasteiger partial charge in [-0.3, -0.25) is 10.1 Å². The molecule has 10 heteroatoms. The lowest BCUT2D eigenvalue weighted by molar-refractivity contribution is -0.132. The first kappa shape index (κ1) is 30.0. The first-order valence-electron chi connectivity index (χ1n) is 12.4. The highest BCUT2D eigenvalue weighted by Crippen LogP contribution is 2.40. The Morgan fingerprint density at radius 3 is 2.44 bits per heavy atom. The highest BCUT2D eigenvalue weighted by atomic mass is 32.1. The molecule has 0 radical (unpaired) electrons. The number of anilines is 1. The van der Waals surface area contributed by atoms with Crippen LogP contribution in [0.3, 0.4) is 0 Å². The average molecular weight is 561 g/mol. The van der Waals surface area contributed by atoms with Crippen molar-refractivity contribution in [3.05, 3.63) is 75.4 Å². The van der Waals surface area contributed by atoms with E-state index in [4.69, 9.17) is 9.84 Å². The summed E-state index contributed by atoms with van der Waals surface area (Å²) in [6.45, 7) is 9.70. The van der Waals surface area contributed by atoms with Crippen molar-refractivity contribution in [1.82, 2.24) is 4.98 Å². The standard InChI is InChI=1S/C29H31F3N2O4S/c1-6-7-11-38-25(29(3,4)5)19-10-8-9-18(24(19)32)23-15-39-28(33-23)34-26(35)17-13-21(30)20(22(31)14-17)12-16(2)27(36)37/h8-10,12-15,25H,6-7,11H2,1-5H3,(H,36,37)(H,33,34,35)/b16-12+. The fourth-order valence-corrected chi connectivity index (χ4v) is 4.56. The van der Waals surface area contributed by atoms with Crippen LogP contribution in [0.15, 0.2) is 41.3 Å². The molecule has 1 amide bonds. The van der Waals surface area contributed by atoms with E-state index in [1.54, 1.807) is 23.6 Å². The van der Waals surface area contributed by atoms with Gasteiger partial charge in [-0.15, -0.1) is 11.3 Å². The molecule has 1 heterocycles. The second-order valence-corrected chi connectivity index (χ2v) is 11.0. The van der Waals surface area contributed by atoms with Gasteiger partial charge in [0.1, 0.15) is 17.5 Å². The maximum absolute atomic E-state index is 15.7. The summed E-state index contributed by atoms with van der Waals surface area (Å²) in [6.07, 6.45) is 2.18. The third kappa shape index (κ3) is 7.33. The highest BCUT2D eigenvalue weighted by Gasteiger charge is 2.30. The van der Waals surface area contributed by atoms with E-state index in [1.807, 2.05) is 20.8 Å². The lowest BCUT2D eigenvalue weighted by Crippen LogP contribution is -2.23. The molecule has 0 aliphatic rings. The maximum Gasteiger partial charge on any atom is 0.331 e. The third-order valence-electron chi connectivity index (χ3n) is 5.92. The number of halogens is 3. The number of carboxylic acids is 1. The molecule has 39 heavy (non-hydrogen) atoms. The van der Waals surface area contributed by atoms with Crippen LogP contribution in [-0.2, 0) is 9.53 Å². The number of amides is 1. The molecule has 0 spiro atoms. The van der Waals surface area contributed by atoms with E-state index in [9.17, 15) is 18.4 Å². The van der Waals surface area contributed by atoms with Crippen molar-refractivity contribution in [2.75, 3.05) is 11.9 Å². The molecule has 3 rings (SSSR count). The number of nitrogens with one attached hydrogen (secondary N) is 1. The molecule has 208 valence electrons. The third-order valence-corrected chi connectivity index (χ3v) is 6.68.